The molecule has 0 heterocycles. The second kappa shape index (κ2) is 12.0. The van der Waals surface area contributed by atoms with Crippen LogP contribution in [0, 0.1) is 5.92 Å². The third kappa shape index (κ3) is 14.8. The highest BCUT2D eigenvalue weighted by molar-refractivity contribution is 4.48. The molecule has 82 valence electrons. The second-order valence-electron chi connectivity index (χ2n) is 4.30. The Morgan fingerprint density at radius 3 is 1.69 bits per heavy atom. The lowest BCUT2D eigenvalue weighted by Crippen LogP contribution is -1.87. The summed E-state index contributed by atoms with van der Waals surface area (Å²) in [5.74, 6) is 0.903. The van der Waals surface area contributed by atoms with E-state index >= 15 is 0 Å². The Morgan fingerprint density at radius 1 is 0.769 bits per heavy atom. The maximum Gasteiger partial charge on any atom is -0.0471 e. The van der Waals surface area contributed by atoms with Crippen molar-refractivity contribution in [1.29, 1.82) is 0 Å². The minimum Gasteiger partial charge on any atom is -0.344 e. The molecule has 0 aliphatic carbocycles. The van der Waals surface area contributed by atoms with Crippen molar-refractivity contribution in [3.05, 3.63) is 0 Å². The van der Waals surface area contributed by atoms with Crippen LogP contribution in [0.1, 0.15) is 72.1 Å². The van der Waals surface area contributed by atoms with Crippen LogP contribution in [0.2, 0.25) is 0 Å². The van der Waals surface area contributed by atoms with Gasteiger partial charge in [-0.2, -0.15) is 0 Å². The third-order valence-corrected chi connectivity index (χ3v) is 2.39. The average molecular weight is 187 g/mol. The summed E-state index contributed by atoms with van der Waals surface area (Å²) >= 11 is 0. The highest BCUT2D eigenvalue weighted by Crippen LogP contribution is 2.11. The molecule has 0 spiro atoms. The van der Waals surface area contributed by atoms with Gasteiger partial charge in [0.1, 0.15) is 0 Å². The fourth-order valence-electron chi connectivity index (χ4n) is 1.51. The monoisotopic (exact) mass is 187 g/mol. The molecule has 0 saturated carbocycles. The van der Waals surface area contributed by atoms with Gasteiger partial charge in [-0.15, -0.1) is 0 Å². The summed E-state index contributed by atoms with van der Waals surface area (Å²) in [7, 11) is 0. The molecule has 0 amide bonds. The van der Waals surface area contributed by atoms with E-state index in [1.54, 1.807) is 0 Å². The van der Waals surface area contributed by atoms with Crippen LogP contribution in [0.3, 0.4) is 0 Å². The number of hydrogen-bond acceptors (Lipinski definition) is 1. The fourth-order valence-corrected chi connectivity index (χ4v) is 1.51. The van der Waals surface area contributed by atoms with Crippen molar-refractivity contribution in [2.24, 2.45) is 5.92 Å². The molecule has 0 atom stereocenters. The minimum absolute atomic E-state index is 0. The molecule has 1 heteroatoms. The summed E-state index contributed by atoms with van der Waals surface area (Å²) < 4.78 is 0. The maximum atomic E-state index is 2.32. The lowest BCUT2D eigenvalue weighted by Gasteiger charge is -2.03. The Balaban J connectivity index is 0. The Labute approximate surface area is 84.9 Å². The molecule has 0 aromatic rings. The highest BCUT2D eigenvalue weighted by Gasteiger charge is 1.93. The molecule has 1 nitrogen and oxygen atoms in total. The first-order chi connectivity index (χ1) is 5.77. The highest BCUT2D eigenvalue weighted by atomic mass is 14.0. The van der Waals surface area contributed by atoms with Crippen molar-refractivity contribution < 1.29 is 0 Å². The van der Waals surface area contributed by atoms with Gasteiger partial charge in [0.05, 0.1) is 0 Å². The molecule has 0 unspecified atom stereocenters. The van der Waals surface area contributed by atoms with Crippen molar-refractivity contribution >= 4 is 0 Å². The smallest absolute Gasteiger partial charge is 0.0471 e. The van der Waals surface area contributed by atoms with E-state index in [1.165, 1.54) is 51.4 Å². The molecule has 0 saturated heterocycles. The first kappa shape index (κ1) is 15.4. The SMILES string of the molecule is CCCCCCCCCC(C)C.N. The van der Waals surface area contributed by atoms with E-state index in [4.69, 9.17) is 0 Å². The second-order valence-corrected chi connectivity index (χ2v) is 4.30. The zero-order valence-electron chi connectivity index (χ0n) is 9.94. The molecule has 0 radical (unpaired) electrons. The predicted molar refractivity (Wildman–Crippen MR) is 62.5 cm³/mol. The van der Waals surface area contributed by atoms with E-state index in [-0.39, 0.29) is 6.15 Å². The zero-order valence-corrected chi connectivity index (χ0v) is 9.94. The molecule has 0 rings (SSSR count). The molecular formula is C12H29N. The van der Waals surface area contributed by atoms with Gasteiger partial charge < -0.3 is 6.15 Å². The molecule has 0 aliphatic heterocycles. The summed E-state index contributed by atoms with van der Waals surface area (Å²) in [4.78, 5) is 0. The van der Waals surface area contributed by atoms with Crippen LogP contribution in [0.25, 0.3) is 0 Å². The topological polar surface area (TPSA) is 35.0 Å². The summed E-state index contributed by atoms with van der Waals surface area (Å²) in [6.45, 7) is 6.91. The van der Waals surface area contributed by atoms with Crippen molar-refractivity contribution in [1.82, 2.24) is 6.15 Å². The molecule has 13 heavy (non-hydrogen) atoms. The first-order valence-electron chi connectivity index (χ1n) is 5.77. The third-order valence-electron chi connectivity index (χ3n) is 2.39. The van der Waals surface area contributed by atoms with Gasteiger partial charge in [-0.05, 0) is 5.92 Å². The molecule has 3 N–H and O–H groups in total. The minimum atomic E-state index is 0. The van der Waals surface area contributed by atoms with Gasteiger partial charge in [-0.1, -0.05) is 72.1 Å². The Morgan fingerprint density at radius 2 is 1.23 bits per heavy atom. The van der Waals surface area contributed by atoms with Gasteiger partial charge in [0, 0.05) is 0 Å². The van der Waals surface area contributed by atoms with Crippen LogP contribution in [-0.4, -0.2) is 0 Å². The largest absolute Gasteiger partial charge is 0.344 e. The van der Waals surface area contributed by atoms with Gasteiger partial charge in [-0.25, -0.2) is 0 Å². The molecule has 0 aromatic heterocycles. The van der Waals surface area contributed by atoms with Crippen LogP contribution < -0.4 is 6.15 Å². The lowest BCUT2D eigenvalue weighted by atomic mass is 10.0. The van der Waals surface area contributed by atoms with Crippen LogP contribution >= 0.6 is 0 Å². The Kier molecular flexibility index (Phi) is 14.2. The summed E-state index contributed by atoms with van der Waals surface area (Å²) in [6, 6.07) is 0. The van der Waals surface area contributed by atoms with Crippen LogP contribution in [0.5, 0.6) is 0 Å². The van der Waals surface area contributed by atoms with Gasteiger partial charge in [0.15, 0.2) is 0 Å². The van der Waals surface area contributed by atoms with Gasteiger partial charge in [0.25, 0.3) is 0 Å². The normalized spacial score (nSPS) is 10.2. The number of unbranched alkanes of at least 4 members (excludes halogenated alkanes) is 6. The average Bonchev–Trinajstić information content (AvgIpc) is 2.02. The predicted octanol–water partition coefficient (Wildman–Crippen LogP) is 4.95. The molecule has 0 bridgehead atoms. The Bertz CT molecular complexity index is 79.2. The number of rotatable bonds is 8. The van der Waals surface area contributed by atoms with Crippen molar-refractivity contribution in [2.75, 3.05) is 0 Å². The van der Waals surface area contributed by atoms with Crippen molar-refractivity contribution in [3.63, 3.8) is 0 Å². The standard InChI is InChI=1S/C12H26.H3N/c1-4-5-6-7-8-9-10-11-12(2)3;/h12H,4-11H2,1-3H3;1H3. The van der Waals surface area contributed by atoms with Crippen molar-refractivity contribution in [2.45, 2.75) is 72.1 Å². The molecule has 0 aromatic carbocycles. The van der Waals surface area contributed by atoms with E-state index in [9.17, 15) is 0 Å². The van der Waals surface area contributed by atoms with Crippen LogP contribution in [0.4, 0.5) is 0 Å². The van der Waals surface area contributed by atoms with Gasteiger partial charge in [0.2, 0.25) is 0 Å². The zero-order chi connectivity index (χ0) is 9.23. The van der Waals surface area contributed by atoms with Gasteiger partial charge >= 0.3 is 0 Å². The van der Waals surface area contributed by atoms with Crippen LogP contribution in [0.15, 0.2) is 0 Å². The molecule has 0 aliphatic rings. The summed E-state index contributed by atoms with van der Waals surface area (Å²) in [5, 5.41) is 0. The van der Waals surface area contributed by atoms with Crippen molar-refractivity contribution in [3.8, 4) is 0 Å². The van der Waals surface area contributed by atoms with Crippen LogP contribution in [-0.2, 0) is 0 Å². The fraction of sp³-hybridized carbons (Fsp3) is 1.00. The van der Waals surface area contributed by atoms with E-state index in [2.05, 4.69) is 20.8 Å². The Hall–Kier alpha value is -0.0400. The van der Waals surface area contributed by atoms with E-state index < -0.39 is 0 Å². The van der Waals surface area contributed by atoms with E-state index in [0.29, 0.717) is 0 Å². The van der Waals surface area contributed by atoms with E-state index in [0.717, 1.165) is 5.92 Å². The number of hydrogen-bond donors (Lipinski definition) is 1. The molecular weight excluding hydrogens is 158 g/mol. The quantitative estimate of drug-likeness (QED) is 0.536. The lowest BCUT2D eigenvalue weighted by molar-refractivity contribution is 0.511. The summed E-state index contributed by atoms with van der Waals surface area (Å²) in [6.07, 6.45) is 11.5. The maximum absolute atomic E-state index is 2.32. The first-order valence-corrected chi connectivity index (χ1v) is 5.77. The van der Waals surface area contributed by atoms with Gasteiger partial charge in [-0.3, -0.25) is 0 Å². The summed E-state index contributed by atoms with van der Waals surface area (Å²) in [5.41, 5.74) is 0. The molecule has 0 fully saturated rings. The van der Waals surface area contributed by atoms with E-state index in [1.807, 2.05) is 0 Å².